The van der Waals surface area contributed by atoms with E-state index < -0.39 is 48.5 Å². The van der Waals surface area contributed by atoms with Gasteiger partial charge in [-0.15, -0.1) is 0 Å². The van der Waals surface area contributed by atoms with Crippen LogP contribution in [0, 0.1) is 0 Å². The summed E-state index contributed by atoms with van der Waals surface area (Å²) in [5.74, 6) is -2.60. The number of carbonyl (C=O) groups is 3. The summed E-state index contributed by atoms with van der Waals surface area (Å²) in [5.41, 5.74) is 2.89. The number of carboxylic acids is 1. The van der Waals surface area contributed by atoms with Gasteiger partial charge in [0.25, 0.3) is 26.1 Å². The van der Waals surface area contributed by atoms with Crippen LogP contribution >= 0.6 is 0 Å². The van der Waals surface area contributed by atoms with E-state index in [1.165, 1.54) is 6.07 Å². The molecule has 0 aliphatic carbocycles. The number of nitrogens with zero attached hydrogens (tertiary/aromatic N) is 2. The molecule has 282 valence electrons. The fourth-order valence-corrected chi connectivity index (χ4v) is 8.37. The predicted octanol–water partition coefficient (Wildman–Crippen LogP) is 5.29. The van der Waals surface area contributed by atoms with Crippen LogP contribution in [-0.2, 0) is 31.1 Å². The average molecular weight is 759 g/mol. The maximum atomic E-state index is 13.6. The molecule has 2 heterocycles. The summed E-state index contributed by atoms with van der Waals surface area (Å²) in [4.78, 5) is 40.9. The van der Waals surface area contributed by atoms with Crippen LogP contribution < -0.4 is 10.2 Å². The number of allylic oxidation sites excluding steroid dienone is 4. The topological polar surface area (TPSA) is 198 Å². The second-order valence-corrected chi connectivity index (χ2v) is 17.2. The van der Waals surface area contributed by atoms with E-state index in [1.54, 1.807) is 37.3 Å². The van der Waals surface area contributed by atoms with Gasteiger partial charge in [-0.05, 0) is 63.5 Å². The van der Waals surface area contributed by atoms with Crippen molar-refractivity contribution in [2.45, 2.75) is 78.1 Å². The standard InChI is InChI=1S/C37H47N3O10S2/c1-7-13-29(41)26-22-24(34(42)38-8-2)23-28-33(26)37(5,6)31(40(28)19-12-21-52(48,49)50)17-10-16-30-36(3,4)32-25(35(43)44)14-9-15-27(32)39(30)18-11-20-51(45,46)47/h9-10,14-17,22-23H,7-8,11-13,18-21H2,1-6H3,(H3-,38,42,43,44,45,46,47,48,49,50)/p+1. The second kappa shape index (κ2) is 15.4. The normalized spacial score (nSPS) is 17.2. The number of amides is 1. The average Bonchev–Trinajstić information content (AvgIpc) is 3.38. The molecular formula is C37H48N3O10S2+. The van der Waals surface area contributed by atoms with Gasteiger partial charge in [-0.25, -0.2) is 4.79 Å². The van der Waals surface area contributed by atoms with E-state index in [0.717, 1.165) is 0 Å². The molecule has 4 rings (SSSR count). The zero-order valence-corrected chi connectivity index (χ0v) is 32.0. The highest BCUT2D eigenvalue weighted by molar-refractivity contribution is 7.86. The molecule has 0 unspecified atom stereocenters. The molecule has 52 heavy (non-hydrogen) atoms. The van der Waals surface area contributed by atoms with E-state index in [4.69, 9.17) is 0 Å². The lowest BCUT2D eigenvalue weighted by Gasteiger charge is -2.27. The molecule has 0 saturated heterocycles. The van der Waals surface area contributed by atoms with Crippen molar-refractivity contribution >= 4 is 55.0 Å². The Bertz CT molecular complexity index is 2100. The van der Waals surface area contributed by atoms with Gasteiger partial charge in [-0.3, -0.25) is 18.7 Å². The first-order valence-electron chi connectivity index (χ1n) is 17.2. The summed E-state index contributed by atoms with van der Waals surface area (Å²) in [6.07, 6.45) is 6.36. The highest BCUT2D eigenvalue weighted by atomic mass is 32.2. The first-order chi connectivity index (χ1) is 24.2. The van der Waals surface area contributed by atoms with Crippen LogP contribution in [0.1, 0.15) is 109 Å². The highest BCUT2D eigenvalue weighted by Gasteiger charge is 2.47. The number of hydrogen-bond donors (Lipinski definition) is 4. The third-order valence-corrected chi connectivity index (χ3v) is 11.1. The van der Waals surface area contributed by atoms with Gasteiger partial charge in [-0.2, -0.15) is 21.4 Å². The molecule has 2 aromatic rings. The molecular weight excluding hydrogens is 711 g/mol. The van der Waals surface area contributed by atoms with Crippen molar-refractivity contribution in [3.8, 4) is 0 Å². The van der Waals surface area contributed by atoms with Gasteiger partial charge >= 0.3 is 5.97 Å². The summed E-state index contributed by atoms with van der Waals surface area (Å²) >= 11 is 0. The zero-order chi connectivity index (χ0) is 38.8. The van der Waals surface area contributed by atoms with Crippen LogP contribution in [-0.4, -0.2) is 90.1 Å². The number of anilines is 1. The van der Waals surface area contributed by atoms with Crippen LogP contribution in [0.5, 0.6) is 0 Å². The Hall–Kier alpha value is -4.18. The molecule has 0 radical (unpaired) electrons. The number of ketones is 1. The van der Waals surface area contributed by atoms with Crippen molar-refractivity contribution in [2.24, 2.45) is 0 Å². The Morgan fingerprint density at radius 3 is 2.15 bits per heavy atom. The van der Waals surface area contributed by atoms with E-state index in [1.807, 2.05) is 56.2 Å². The number of nitrogens with one attached hydrogen (secondary N) is 1. The molecule has 1 amide bonds. The number of rotatable bonds is 16. The van der Waals surface area contributed by atoms with Crippen molar-refractivity contribution < 1.29 is 50.0 Å². The van der Waals surface area contributed by atoms with E-state index in [-0.39, 0.29) is 55.2 Å². The van der Waals surface area contributed by atoms with Gasteiger partial charge in [-0.1, -0.05) is 32.9 Å². The third kappa shape index (κ3) is 8.54. The quantitative estimate of drug-likeness (QED) is 0.0986. The number of aromatic carboxylic acids is 1. The molecule has 13 nitrogen and oxygen atoms in total. The SMILES string of the molecule is CCCC(=O)c1cc(C(=O)NCC)cc2c1C(C)(C)C(=CC=CC1=[N+](CCCS(=O)(=O)O)c3cccc(C(=O)O)c3C1(C)C)N2CCCS(=O)(=O)O. The highest BCUT2D eigenvalue weighted by Crippen LogP contribution is 2.50. The minimum Gasteiger partial charge on any atom is -0.478 e. The number of fused-ring (bicyclic) bond motifs is 2. The van der Waals surface area contributed by atoms with Gasteiger partial charge in [0, 0.05) is 66.0 Å². The van der Waals surface area contributed by atoms with Crippen LogP contribution in [0.4, 0.5) is 11.4 Å². The summed E-state index contributed by atoms with van der Waals surface area (Å²) < 4.78 is 67.3. The fraction of sp³-hybridized carbons (Fsp3) is 0.459. The number of hydrogen-bond acceptors (Lipinski definition) is 8. The molecule has 4 N–H and O–H groups in total. The smallest absolute Gasteiger partial charge is 0.336 e. The molecule has 0 saturated carbocycles. The molecule has 0 bridgehead atoms. The lowest BCUT2D eigenvalue weighted by atomic mass is 9.78. The number of carbonyl (C=O) groups excluding carboxylic acids is 2. The van der Waals surface area contributed by atoms with Crippen LogP contribution in [0.15, 0.2) is 54.3 Å². The summed E-state index contributed by atoms with van der Waals surface area (Å²) in [6, 6.07) is 8.21. The van der Waals surface area contributed by atoms with Gasteiger partial charge < -0.3 is 15.3 Å². The summed E-state index contributed by atoms with van der Waals surface area (Å²) in [6.45, 7) is 12.0. The Morgan fingerprint density at radius 1 is 0.904 bits per heavy atom. The van der Waals surface area contributed by atoms with E-state index in [2.05, 4.69) is 5.32 Å². The van der Waals surface area contributed by atoms with Gasteiger partial charge in [0.2, 0.25) is 5.69 Å². The first kappa shape index (κ1) is 40.6. The van der Waals surface area contributed by atoms with Crippen molar-refractivity contribution in [1.29, 1.82) is 0 Å². The Balaban J connectivity index is 1.91. The molecule has 15 heteroatoms. The molecule has 0 atom stereocenters. The lowest BCUT2D eigenvalue weighted by molar-refractivity contribution is -0.437. The first-order valence-corrected chi connectivity index (χ1v) is 20.5. The fourth-order valence-electron chi connectivity index (χ4n) is 7.38. The minimum atomic E-state index is -4.28. The Kier molecular flexibility index (Phi) is 12.0. The van der Waals surface area contributed by atoms with E-state index in [0.29, 0.717) is 52.4 Å². The second-order valence-electron chi connectivity index (χ2n) is 14.1. The maximum Gasteiger partial charge on any atom is 0.336 e. The van der Waals surface area contributed by atoms with Gasteiger partial charge in [0.15, 0.2) is 11.5 Å². The van der Waals surface area contributed by atoms with Crippen molar-refractivity contribution in [3.05, 3.63) is 82.1 Å². The molecule has 2 aromatic carbocycles. The largest absolute Gasteiger partial charge is 0.478 e. The Labute approximate surface area is 305 Å². The third-order valence-electron chi connectivity index (χ3n) is 9.54. The van der Waals surface area contributed by atoms with Gasteiger partial charge in [0.05, 0.1) is 28.0 Å². The predicted molar refractivity (Wildman–Crippen MR) is 200 cm³/mol. The number of benzene rings is 2. The van der Waals surface area contributed by atoms with Crippen LogP contribution in [0.2, 0.25) is 0 Å². The van der Waals surface area contributed by atoms with Crippen LogP contribution in [0.25, 0.3) is 0 Å². The van der Waals surface area contributed by atoms with Gasteiger partial charge in [0.1, 0.15) is 6.54 Å². The molecule has 0 spiro atoms. The number of Topliss-reactive ketones (excluding diaryl/α,β-unsaturated/α-hetero) is 1. The molecule has 0 aromatic heterocycles. The van der Waals surface area contributed by atoms with E-state index >= 15 is 0 Å². The minimum absolute atomic E-state index is 0.0399. The maximum absolute atomic E-state index is 13.6. The van der Waals surface area contributed by atoms with Crippen molar-refractivity contribution in [3.63, 3.8) is 0 Å². The monoisotopic (exact) mass is 758 g/mol. The van der Waals surface area contributed by atoms with Crippen molar-refractivity contribution in [2.75, 3.05) is 36.0 Å². The molecule has 2 aliphatic heterocycles. The van der Waals surface area contributed by atoms with Crippen LogP contribution in [0.3, 0.4) is 0 Å². The summed E-state index contributed by atoms with van der Waals surface area (Å²) in [5, 5.41) is 12.8. The summed E-state index contributed by atoms with van der Waals surface area (Å²) in [7, 11) is -8.52. The zero-order valence-electron chi connectivity index (χ0n) is 30.4. The van der Waals surface area contributed by atoms with Crippen molar-refractivity contribution in [1.82, 2.24) is 5.32 Å². The van der Waals surface area contributed by atoms with E-state index in [9.17, 15) is 45.4 Å². The molecule has 0 fully saturated rings. The Morgan fingerprint density at radius 2 is 1.56 bits per heavy atom. The molecule has 2 aliphatic rings. The number of carboxylic acid groups (broad SMARTS) is 1. The lowest BCUT2D eigenvalue weighted by Crippen LogP contribution is -2.30.